The van der Waals surface area contributed by atoms with Gasteiger partial charge in [-0.15, -0.1) is 0 Å². The van der Waals surface area contributed by atoms with E-state index in [2.05, 4.69) is 56.8 Å². The molecule has 0 bridgehead atoms. The van der Waals surface area contributed by atoms with Gasteiger partial charge in [0.1, 0.15) is 6.10 Å². The molecule has 2 rings (SSSR count). The molecule has 2 aromatic carbocycles. The lowest BCUT2D eigenvalue weighted by Gasteiger charge is -2.25. The van der Waals surface area contributed by atoms with Crippen molar-refractivity contribution >= 4 is 24.8 Å². The molecule has 0 aliphatic rings. The van der Waals surface area contributed by atoms with Gasteiger partial charge in [0.05, 0.1) is 8.07 Å². The average Bonchev–Trinajstić information content (AvgIpc) is 2.61. The normalized spacial score (nSPS) is 13.3. The zero-order valence-corrected chi connectivity index (χ0v) is 16.2. The molecule has 0 saturated carbocycles. The van der Waals surface area contributed by atoms with E-state index in [1.807, 2.05) is 18.2 Å². The predicted octanol–water partition coefficient (Wildman–Crippen LogP) is 6.05. The second-order valence-corrected chi connectivity index (χ2v) is 11.6. The molecular formula is C21H28O2Si. The van der Waals surface area contributed by atoms with E-state index in [1.165, 1.54) is 30.4 Å². The average molecular weight is 341 g/mol. The summed E-state index contributed by atoms with van der Waals surface area (Å²) in [5.74, 6) is -0.241. The Kier molecular flexibility index (Phi) is 6.38. The summed E-state index contributed by atoms with van der Waals surface area (Å²) in [6, 6.07) is 18.1. The standard InChI is InChI=1S/C21H28O2Si/c1-5-24(6-2,7-3)16-15-21(23-17(4)22)20-14-10-12-18-11-8-9-13-19(18)20/h8-16,21H,5-7H2,1-4H3/b16-15+. The van der Waals surface area contributed by atoms with Gasteiger partial charge in [-0.25, -0.2) is 0 Å². The number of hydrogen-bond acceptors (Lipinski definition) is 2. The van der Waals surface area contributed by atoms with Gasteiger partial charge >= 0.3 is 5.97 Å². The van der Waals surface area contributed by atoms with Crippen LogP contribution in [0.1, 0.15) is 39.4 Å². The van der Waals surface area contributed by atoms with Gasteiger partial charge in [0.2, 0.25) is 0 Å². The van der Waals surface area contributed by atoms with E-state index in [1.54, 1.807) is 0 Å². The fourth-order valence-electron chi connectivity index (χ4n) is 3.28. The first kappa shape index (κ1) is 18.5. The van der Waals surface area contributed by atoms with Crippen LogP contribution >= 0.6 is 0 Å². The van der Waals surface area contributed by atoms with Crippen molar-refractivity contribution in [3.05, 3.63) is 59.8 Å². The maximum absolute atomic E-state index is 11.7. The third kappa shape index (κ3) is 4.15. The maximum Gasteiger partial charge on any atom is 0.303 e. The Labute approximate surface area is 146 Å². The lowest BCUT2D eigenvalue weighted by atomic mass is 10.0. The van der Waals surface area contributed by atoms with Gasteiger partial charge in [-0.1, -0.05) is 87.1 Å². The van der Waals surface area contributed by atoms with Gasteiger partial charge in [0, 0.05) is 12.5 Å². The van der Waals surface area contributed by atoms with Crippen molar-refractivity contribution in [1.29, 1.82) is 0 Å². The highest BCUT2D eigenvalue weighted by atomic mass is 28.3. The van der Waals surface area contributed by atoms with E-state index in [4.69, 9.17) is 4.74 Å². The summed E-state index contributed by atoms with van der Waals surface area (Å²) < 4.78 is 5.67. The summed E-state index contributed by atoms with van der Waals surface area (Å²) in [5, 5.41) is 2.32. The molecule has 1 atom stereocenters. The molecule has 0 N–H and O–H groups in total. The van der Waals surface area contributed by atoms with Crippen molar-refractivity contribution in [2.75, 3.05) is 0 Å². The molecule has 0 fully saturated rings. The maximum atomic E-state index is 11.7. The van der Waals surface area contributed by atoms with Crippen LogP contribution in [-0.4, -0.2) is 14.0 Å². The van der Waals surface area contributed by atoms with Crippen LogP contribution in [0.25, 0.3) is 10.8 Å². The third-order valence-electron chi connectivity index (χ3n) is 5.16. The van der Waals surface area contributed by atoms with E-state index < -0.39 is 8.07 Å². The number of esters is 1. The Morgan fingerprint density at radius 2 is 1.67 bits per heavy atom. The van der Waals surface area contributed by atoms with Gasteiger partial charge in [0.25, 0.3) is 0 Å². The van der Waals surface area contributed by atoms with Crippen molar-refractivity contribution in [2.24, 2.45) is 0 Å². The molecule has 128 valence electrons. The minimum absolute atomic E-state index is 0.241. The van der Waals surface area contributed by atoms with Crippen LogP contribution in [0.15, 0.2) is 54.2 Å². The number of ether oxygens (including phenoxy) is 1. The van der Waals surface area contributed by atoms with E-state index >= 15 is 0 Å². The molecule has 1 unspecified atom stereocenters. The molecule has 3 heteroatoms. The largest absolute Gasteiger partial charge is 0.453 e. The Balaban J connectivity index is 2.46. The number of carbonyl (C=O) groups excluding carboxylic acids is 1. The summed E-state index contributed by atoms with van der Waals surface area (Å²) >= 11 is 0. The van der Waals surface area contributed by atoms with Crippen LogP contribution in [0, 0.1) is 0 Å². The van der Waals surface area contributed by atoms with Gasteiger partial charge in [0.15, 0.2) is 0 Å². The minimum Gasteiger partial charge on any atom is -0.453 e. The van der Waals surface area contributed by atoms with Crippen LogP contribution in [0.2, 0.25) is 18.1 Å². The van der Waals surface area contributed by atoms with Crippen LogP contribution in [-0.2, 0) is 9.53 Å². The lowest BCUT2D eigenvalue weighted by molar-refractivity contribution is -0.144. The third-order valence-corrected chi connectivity index (χ3v) is 10.3. The Hall–Kier alpha value is -1.87. The monoisotopic (exact) mass is 340 g/mol. The highest BCUT2D eigenvalue weighted by molar-refractivity contribution is 6.84. The van der Waals surface area contributed by atoms with Crippen LogP contribution in [0.5, 0.6) is 0 Å². The predicted molar refractivity (Wildman–Crippen MR) is 105 cm³/mol. The second-order valence-electron chi connectivity index (χ2n) is 6.38. The highest BCUT2D eigenvalue weighted by Crippen LogP contribution is 2.30. The van der Waals surface area contributed by atoms with E-state index in [0.29, 0.717) is 0 Å². The molecule has 0 heterocycles. The summed E-state index contributed by atoms with van der Waals surface area (Å²) in [7, 11) is -1.40. The summed E-state index contributed by atoms with van der Waals surface area (Å²) in [5.41, 5.74) is 3.45. The minimum atomic E-state index is -1.40. The lowest BCUT2D eigenvalue weighted by Crippen LogP contribution is -2.29. The molecule has 0 amide bonds. The first-order chi connectivity index (χ1) is 11.5. The van der Waals surface area contributed by atoms with Crippen LogP contribution < -0.4 is 0 Å². The summed E-state index contributed by atoms with van der Waals surface area (Å²) in [6.45, 7) is 8.32. The van der Waals surface area contributed by atoms with E-state index in [9.17, 15) is 4.79 Å². The number of carbonyl (C=O) groups is 1. The van der Waals surface area contributed by atoms with Crippen molar-refractivity contribution in [2.45, 2.75) is 51.9 Å². The van der Waals surface area contributed by atoms with Crippen molar-refractivity contribution in [1.82, 2.24) is 0 Å². The molecule has 2 nitrogen and oxygen atoms in total. The van der Waals surface area contributed by atoms with E-state index in [-0.39, 0.29) is 12.1 Å². The molecular weight excluding hydrogens is 312 g/mol. The van der Waals surface area contributed by atoms with Crippen molar-refractivity contribution < 1.29 is 9.53 Å². The van der Waals surface area contributed by atoms with Crippen LogP contribution in [0.4, 0.5) is 0 Å². The number of fused-ring (bicyclic) bond motifs is 1. The Morgan fingerprint density at radius 1 is 1.04 bits per heavy atom. The van der Waals surface area contributed by atoms with Crippen molar-refractivity contribution in [3.8, 4) is 0 Å². The quantitative estimate of drug-likeness (QED) is 0.453. The first-order valence-corrected chi connectivity index (χ1v) is 11.6. The van der Waals surface area contributed by atoms with Gasteiger partial charge in [-0.05, 0) is 16.8 Å². The van der Waals surface area contributed by atoms with Gasteiger partial charge < -0.3 is 4.74 Å². The molecule has 0 aliphatic carbocycles. The fourth-order valence-corrected chi connectivity index (χ4v) is 6.07. The zero-order chi connectivity index (χ0) is 17.6. The van der Waals surface area contributed by atoms with Crippen molar-refractivity contribution in [3.63, 3.8) is 0 Å². The van der Waals surface area contributed by atoms with Gasteiger partial charge in [-0.3, -0.25) is 4.79 Å². The number of rotatable bonds is 7. The van der Waals surface area contributed by atoms with Gasteiger partial charge in [-0.2, -0.15) is 0 Å². The summed E-state index contributed by atoms with van der Waals surface area (Å²) in [6.07, 6.45) is 1.82. The molecule has 0 aliphatic heterocycles. The Morgan fingerprint density at radius 3 is 2.29 bits per heavy atom. The van der Waals surface area contributed by atoms with E-state index in [0.717, 1.165) is 10.9 Å². The highest BCUT2D eigenvalue weighted by Gasteiger charge is 2.24. The SMILES string of the molecule is CC[Si](/C=C/C(OC(C)=O)c1cccc2ccccc12)(CC)CC. The molecule has 0 spiro atoms. The fraction of sp³-hybridized carbons (Fsp3) is 0.381. The number of hydrogen-bond donors (Lipinski definition) is 0. The first-order valence-electron chi connectivity index (χ1n) is 8.89. The molecule has 0 radical (unpaired) electrons. The van der Waals surface area contributed by atoms with Crippen LogP contribution in [0.3, 0.4) is 0 Å². The molecule has 24 heavy (non-hydrogen) atoms. The Bertz CT molecular complexity index is 703. The second kappa shape index (κ2) is 8.29. The topological polar surface area (TPSA) is 26.3 Å². The molecule has 2 aromatic rings. The summed E-state index contributed by atoms with van der Waals surface area (Å²) in [4.78, 5) is 11.7. The smallest absolute Gasteiger partial charge is 0.303 e. The molecule has 0 saturated heterocycles. The molecule has 0 aromatic heterocycles. The zero-order valence-electron chi connectivity index (χ0n) is 15.2. The number of benzene rings is 2.